The Morgan fingerprint density at radius 2 is 2.00 bits per heavy atom. The van der Waals surface area contributed by atoms with E-state index in [-0.39, 0.29) is 23.9 Å². The number of amides is 1. The van der Waals surface area contributed by atoms with E-state index in [2.05, 4.69) is 29.2 Å². The van der Waals surface area contributed by atoms with E-state index in [1.165, 1.54) is 0 Å². The molecule has 3 N–H and O–H groups in total. The summed E-state index contributed by atoms with van der Waals surface area (Å²) in [4.78, 5) is 21.7. The van der Waals surface area contributed by atoms with Crippen LogP contribution in [-0.2, 0) is 0 Å². The van der Waals surface area contributed by atoms with Crippen molar-refractivity contribution < 1.29 is 4.79 Å². The summed E-state index contributed by atoms with van der Waals surface area (Å²) in [6.45, 7) is 5.54. The molecule has 0 aliphatic carbocycles. The molecule has 3 atom stereocenters. The smallest absolute Gasteiger partial charge is 0.253 e. The van der Waals surface area contributed by atoms with Gasteiger partial charge in [-0.15, -0.1) is 0 Å². The van der Waals surface area contributed by atoms with Crippen molar-refractivity contribution in [3.63, 3.8) is 0 Å². The number of anilines is 1. The van der Waals surface area contributed by atoms with E-state index < -0.39 is 0 Å². The highest BCUT2D eigenvalue weighted by atomic mass is 16.2. The molecule has 1 fully saturated rings. The Bertz CT molecular complexity index is 832. The first-order valence-electron chi connectivity index (χ1n) is 10.1. The molecule has 6 heteroatoms. The van der Waals surface area contributed by atoms with Gasteiger partial charge in [-0.2, -0.15) is 0 Å². The number of hydrogen-bond donors (Lipinski definition) is 2. The number of aromatic nitrogens is 1. The number of hydrogen-bond acceptors (Lipinski definition) is 5. The summed E-state index contributed by atoms with van der Waals surface area (Å²) in [6.07, 6.45) is 2.76. The first-order chi connectivity index (χ1) is 13.6. The molecule has 1 aromatic carbocycles. The lowest BCUT2D eigenvalue weighted by Gasteiger charge is -2.39. The number of piperazine rings is 1. The number of rotatable bonds is 3. The predicted molar refractivity (Wildman–Crippen MR) is 111 cm³/mol. The van der Waals surface area contributed by atoms with Crippen LogP contribution in [0.5, 0.6) is 0 Å². The minimum Gasteiger partial charge on any atom is -0.376 e. The third-order valence-electron chi connectivity index (χ3n) is 6.13. The molecular weight excluding hydrogens is 350 g/mol. The van der Waals surface area contributed by atoms with Crippen molar-refractivity contribution >= 4 is 11.6 Å². The summed E-state index contributed by atoms with van der Waals surface area (Å²) in [5.41, 5.74) is 10.5. The molecule has 148 valence electrons. The molecule has 1 aromatic heterocycles. The zero-order valence-corrected chi connectivity index (χ0v) is 16.6. The van der Waals surface area contributed by atoms with Crippen LogP contribution in [0.25, 0.3) is 0 Å². The molecule has 1 unspecified atom stereocenters. The normalized spacial score (nSPS) is 25.1. The Balaban J connectivity index is 1.61. The second-order valence-corrected chi connectivity index (χ2v) is 7.87. The molecule has 0 bridgehead atoms. The second kappa shape index (κ2) is 7.89. The fourth-order valence-corrected chi connectivity index (χ4v) is 4.35. The highest BCUT2D eigenvalue weighted by Gasteiger charge is 2.35. The number of likely N-dealkylation sites (N-methyl/N-ethyl adjacent to an activating group) is 1. The predicted octanol–water partition coefficient (Wildman–Crippen LogP) is 2.66. The standard InChI is InChI=1S/C22H29N5O/c1-3-16-20(23)17-14-15(22(28)27-12-10-26(2)11-13-27)7-8-18(17)25-21(16)19-6-4-5-9-24-19/h4-9,14,16,20-21,25H,3,10-13,23H2,1-2H3/t16-,20+,21?/m1/s1. The average Bonchev–Trinajstić information content (AvgIpc) is 2.74. The van der Waals surface area contributed by atoms with Gasteiger partial charge in [0.1, 0.15) is 0 Å². The van der Waals surface area contributed by atoms with Crippen molar-refractivity contribution in [3.8, 4) is 0 Å². The van der Waals surface area contributed by atoms with Crippen molar-refractivity contribution in [3.05, 3.63) is 59.4 Å². The molecular formula is C22H29N5O. The highest BCUT2D eigenvalue weighted by Crippen LogP contribution is 2.43. The molecule has 2 aromatic rings. The molecule has 2 aliphatic heterocycles. The molecule has 0 radical (unpaired) electrons. The van der Waals surface area contributed by atoms with Gasteiger partial charge in [0.05, 0.1) is 11.7 Å². The summed E-state index contributed by atoms with van der Waals surface area (Å²) in [5.74, 6) is 0.319. The Labute approximate surface area is 166 Å². The van der Waals surface area contributed by atoms with Crippen LogP contribution in [0.3, 0.4) is 0 Å². The average molecular weight is 380 g/mol. The SMILES string of the molecule is CC[C@H]1C(c2ccccn2)Nc2ccc(C(=O)N3CCN(C)CC3)cc2[C@H]1N. The maximum absolute atomic E-state index is 13.0. The topological polar surface area (TPSA) is 74.5 Å². The van der Waals surface area contributed by atoms with Gasteiger partial charge < -0.3 is 20.9 Å². The number of nitrogens with one attached hydrogen (secondary N) is 1. The number of nitrogens with two attached hydrogens (primary N) is 1. The Kier molecular flexibility index (Phi) is 5.33. The van der Waals surface area contributed by atoms with E-state index in [4.69, 9.17) is 5.73 Å². The lowest BCUT2D eigenvalue weighted by molar-refractivity contribution is 0.0664. The summed E-state index contributed by atoms with van der Waals surface area (Å²) in [5, 5.41) is 3.62. The van der Waals surface area contributed by atoms with E-state index in [0.29, 0.717) is 0 Å². The third-order valence-corrected chi connectivity index (χ3v) is 6.13. The first-order valence-corrected chi connectivity index (χ1v) is 10.1. The summed E-state index contributed by atoms with van der Waals surface area (Å²) < 4.78 is 0. The molecule has 4 rings (SSSR count). The maximum Gasteiger partial charge on any atom is 0.253 e. The number of carbonyl (C=O) groups excluding carboxylic acids is 1. The number of carbonyl (C=O) groups is 1. The Morgan fingerprint density at radius 3 is 2.68 bits per heavy atom. The van der Waals surface area contributed by atoms with E-state index in [0.717, 1.165) is 55.1 Å². The van der Waals surface area contributed by atoms with Gasteiger partial charge in [-0.1, -0.05) is 13.0 Å². The van der Waals surface area contributed by atoms with E-state index in [1.807, 2.05) is 47.5 Å². The van der Waals surface area contributed by atoms with Crippen molar-refractivity contribution in [1.82, 2.24) is 14.8 Å². The molecule has 28 heavy (non-hydrogen) atoms. The van der Waals surface area contributed by atoms with Crippen LogP contribution in [0.15, 0.2) is 42.6 Å². The fourth-order valence-electron chi connectivity index (χ4n) is 4.35. The van der Waals surface area contributed by atoms with Crippen LogP contribution in [0.4, 0.5) is 5.69 Å². The number of fused-ring (bicyclic) bond motifs is 1. The molecule has 1 saturated heterocycles. The van der Waals surface area contributed by atoms with Gasteiger partial charge in [0.15, 0.2) is 0 Å². The van der Waals surface area contributed by atoms with Crippen LogP contribution < -0.4 is 11.1 Å². The van der Waals surface area contributed by atoms with E-state index >= 15 is 0 Å². The van der Waals surface area contributed by atoms with Crippen molar-refractivity contribution in [1.29, 1.82) is 0 Å². The van der Waals surface area contributed by atoms with Crippen LogP contribution in [-0.4, -0.2) is 53.9 Å². The third kappa shape index (κ3) is 3.50. The minimum absolute atomic E-state index is 0.0767. The van der Waals surface area contributed by atoms with Gasteiger partial charge in [-0.25, -0.2) is 0 Å². The zero-order chi connectivity index (χ0) is 19.7. The van der Waals surface area contributed by atoms with Gasteiger partial charge in [0, 0.05) is 55.6 Å². The van der Waals surface area contributed by atoms with Crippen LogP contribution in [0.1, 0.15) is 47.0 Å². The number of nitrogens with zero attached hydrogens (tertiary/aromatic N) is 3. The lowest BCUT2D eigenvalue weighted by atomic mass is 9.79. The van der Waals surface area contributed by atoms with Gasteiger partial charge in [0.25, 0.3) is 5.91 Å². The zero-order valence-electron chi connectivity index (χ0n) is 16.6. The van der Waals surface area contributed by atoms with Crippen molar-refractivity contribution in [2.45, 2.75) is 25.4 Å². The molecule has 0 spiro atoms. The Morgan fingerprint density at radius 1 is 1.21 bits per heavy atom. The van der Waals surface area contributed by atoms with Crippen LogP contribution >= 0.6 is 0 Å². The van der Waals surface area contributed by atoms with E-state index in [9.17, 15) is 4.79 Å². The molecule has 6 nitrogen and oxygen atoms in total. The lowest BCUT2D eigenvalue weighted by Crippen LogP contribution is -2.47. The van der Waals surface area contributed by atoms with Crippen LogP contribution in [0, 0.1) is 5.92 Å². The largest absolute Gasteiger partial charge is 0.376 e. The van der Waals surface area contributed by atoms with Crippen molar-refractivity contribution in [2.75, 3.05) is 38.5 Å². The summed E-state index contributed by atoms with van der Waals surface area (Å²) in [7, 11) is 2.09. The monoisotopic (exact) mass is 379 g/mol. The second-order valence-electron chi connectivity index (χ2n) is 7.87. The summed E-state index contributed by atoms with van der Waals surface area (Å²) in [6, 6.07) is 11.8. The van der Waals surface area contributed by atoms with Crippen LogP contribution in [0.2, 0.25) is 0 Å². The first kappa shape index (κ1) is 18.9. The van der Waals surface area contributed by atoms with Gasteiger partial charge in [-0.3, -0.25) is 9.78 Å². The summed E-state index contributed by atoms with van der Waals surface area (Å²) >= 11 is 0. The van der Waals surface area contributed by atoms with Gasteiger partial charge in [0.2, 0.25) is 0 Å². The molecule has 1 amide bonds. The molecule has 0 saturated carbocycles. The molecule has 2 aliphatic rings. The van der Waals surface area contributed by atoms with Gasteiger partial charge in [-0.05, 0) is 49.4 Å². The quantitative estimate of drug-likeness (QED) is 0.858. The molecule has 3 heterocycles. The number of benzene rings is 1. The fraction of sp³-hybridized carbons (Fsp3) is 0.455. The highest BCUT2D eigenvalue weighted by molar-refractivity contribution is 5.95. The maximum atomic E-state index is 13.0. The van der Waals surface area contributed by atoms with E-state index in [1.54, 1.807) is 0 Å². The minimum atomic E-state index is -0.131. The number of pyridine rings is 1. The Hall–Kier alpha value is -2.44. The van der Waals surface area contributed by atoms with Crippen molar-refractivity contribution in [2.24, 2.45) is 11.7 Å². The van der Waals surface area contributed by atoms with Gasteiger partial charge >= 0.3 is 0 Å².